The first-order valence-electron chi connectivity index (χ1n) is 12.4. The summed E-state index contributed by atoms with van der Waals surface area (Å²) in [4.78, 5) is 22.2. The molecule has 1 unspecified atom stereocenters. The number of sulfone groups is 1. The molecule has 3 atom stereocenters. The van der Waals surface area contributed by atoms with Gasteiger partial charge in [0.05, 0.1) is 28.4 Å². The number of anilines is 1. The van der Waals surface area contributed by atoms with E-state index in [4.69, 9.17) is 0 Å². The van der Waals surface area contributed by atoms with Crippen molar-refractivity contribution in [3.05, 3.63) is 28.2 Å². The number of sulfonamides is 1. The second-order valence-corrected chi connectivity index (χ2v) is 15.1. The van der Waals surface area contributed by atoms with Gasteiger partial charge < -0.3 is 10.4 Å². The molecule has 0 spiro atoms. The van der Waals surface area contributed by atoms with Crippen molar-refractivity contribution in [1.82, 2.24) is 18.8 Å². The molecule has 3 fully saturated rings. The Morgan fingerprint density at radius 3 is 2.53 bits per heavy atom. The van der Waals surface area contributed by atoms with Crippen LogP contribution in [0, 0.1) is 6.92 Å². The molecule has 5 rings (SSSR count). The highest BCUT2D eigenvalue weighted by Gasteiger charge is 2.42. The summed E-state index contributed by atoms with van der Waals surface area (Å²) < 4.78 is 52.4. The molecule has 0 amide bonds. The number of aryl methyl sites for hydroxylation is 1. The molecule has 2 aromatic heterocycles. The van der Waals surface area contributed by atoms with Gasteiger partial charge in [0.15, 0.2) is 9.84 Å². The number of nitrogens with one attached hydrogen (secondary N) is 1. The normalized spacial score (nSPS) is 29.6. The minimum absolute atomic E-state index is 0.0681. The molecule has 2 aromatic rings. The molecule has 0 radical (unpaired) electrons. The van der Waals surface area contributed by atoms with Gasteiger partial charge in [-0.15, -0.1) is 0 Å². The highest BCUT2D eigenvalue weighted by atomic mass is 32.2. The van der Waals surface area contributed by atoms with Gasteiger partial charge in [-0.2, -0.15) is 4.98 Å². The molecular weight excluding hydrogens is 506 g/mol. The molecule has 1 aliphatic carbocycles. The van der Waals surface area contributed by atoms with Crippen LogP contribution in [-0.4, -0.2) is 82.3 Å². The van der Waals surface area contributed by atoms with Crippen molar-refractivity contribution in [1.29, 1.82) is 0 Å². The Morgan fingerprint density at radius 2 is 1.92 bits per heavy atom. The number of pyridine rings is 1. The van der Waals surface area contributed by atoms with Crippen LogP contribution >= 0.6 is 0 Å². The monoisotopic (exact) mass is 539 g/mol. The van der Waals surface area contributed by atoms with E-state index in [0.29, 0.717) is 61.3 Å². The molecule has 198 valence electrons. The Morgan fingerprint density at radius 1 is 1.19 bits per heavy atom. The Balaban J connectivity index is 1.34. The average Bonchev–Trinajstić information content (AvgIpc) is 3.36. The van der Waals surface area contributed by atoms with Gasteiger partial charge in [-0.3, -0.25) is 9.36 Å². The molecule has 2 N–H and O–H groups in total. The van der Waals surface area contributed by atoms with Gasteiger partial charge in [-0.05, 0) is 58.4 Å². The van der Waals surface area contributed by atoms with Crippen LogP contribution in [0.15, 0.2) is 17.1 Å². The molecule has 4 heterocycles. The van der Waals surface area contributed by atoms with E-state index in [-0.39, 0.29) is 35.6 Å². The molecule has 1 saturated carbocycles. The fourth-order valence-corrected chi connectivity index (χ4v) is 10.4. The van der Waals surface area contributed by atoms with E-state index in [9.17, 15) is 26.7 Å². The number of aliphatic hydroxyl groups is 1. The predicted molar refractivity (Wildman–Crippen MR) is 136 cm³/mol. The van der Waals surface area contributed by atoms with E-state index in [1.54, 1.807) is 30.7 Å². The third-order valence-electron chi connectivity index (χ3n) is 7.90. The van der Waals surface area contributed by atoms with E-state index in [0.717, 1.165) is 6.42 Å². The first-order valence-corrected chi connectivity index (χ1v) is 15.8. The van der Waals surface area contributed by atoms with Crippen molar-refractivity contribution in [2.45, 2.75) is 75.3 Å². The zero-order valence-electron chi connectivity index (χ0n) is 20.6. The topological polar surface area (TPSA) is 152 Å². The maximum atomic E-state index is 13.1. The number of aromatic nitrogens is 3. The van der Waals surface area contributed by atoms with Crippen LogP contribution in [0.2, 0.25) is 0 Å². The van der Waals surface area contributed by atoms with Crippen LogP contribution in [0.25, 0.3) is 11.0 Å². The number of hydrogen-bond acceptors (Lipinski definition) is 9. The van der Waals surface area contributed by atoms with Crippen LogP contribution in [0.3, 0.4) is 0 Å². The Bertz CT molecular complexity index is 1450. The van der Waals surface area contributed by atoms with E-state index in [1.807, 2.05) is 0 Å². The van der Waals surface area contributed by atoms with Crippen LogP contribution in [0.4, 0.5) is 5.95 Å². The van der Waals surface area contributed by atoms with Gasteiger partial charge in [0.1, 0.15) is 5.65 Å². The predicted octanol–water partition coefficient (Wildman–Crippen LogP) is 0.969. The lowest BCUT2D eigenvalue weighted by molar-refractivity contribution is 0.0266. The van der Waals surface area contributed by atoms with Crippen molar-refractivity contribution < 1.29 is 21.9 Å². The zero-order valence-corrected chi connectivity index (χ0v) is 22.2. The summed E-state index contributed by atoms with van der Waals surface area (Å²) >= 11 is 0. The Kier molecular flexibility index (Phi) is 6.41. The highest BCUT2D eigenvalue weighted by molar-refractivity contribution is 7.95. The van der Waals surface area contributed by atoms with Crippen LogP contribution in [0.1, 0.15) is 57.1 Å². The molecule has 13 heteroatoms. The summed E-state index contributed by atoms with van der Waals surface area (Å²) in [7, 11) is -6.94. The van der Waals surface area contributed by atoms with Gasteiger partial charge in [-0.1, -0.05) is 0 Å². The fourth-order valence-electron chi connectivity index (χ4n) is 5.80. The van der Waals surface area contributed by atoms with Crippen molar-refractivity contribution in [3.8, 4) is 0 Å². The molecule has 0 bridgehead atoms. The van der Waals surface area contributed by atoms with Gasteiger partial charge in [-0.25, -0.2) is 26.1 Å². The number of nitrogens with zero attached hydrogens (tertiary/aromatic N) is 4. The number of rotatable bonds is 5. The molecule has 11 nitrogen and oxygen atoms in total. The van der Waals surface area contributed by atoms with Crippen LogP contribution in [0.5, 0.6) is 0 Å². The van der Waals surface area contributed by atoms with Gasteiger partial charge in [0.2, 0.25) is 16.0 Å². The molecule has 3 aliphatic rings. The quantitative estimate of drug-likeness (QED) is 0.566. The van der Waals surface area contributed by atoms with Gasteiger partial charge in [0, 0.05) is 36.3 Å². The first kappa shape index (κ1) is 25.6. The van der Waals surface area contributed by atoms with Crippen molar-refractivity contribution in [3.63, 3.8) is 0 Å². The van der Waals surface area contributed by atoms with E-state index in [1.165, 1.54) is 4.31 Å². The summed E-state index contributed by atoms with van der Waals surface area (Å²) in [6.07, 6.45) is 5.00. The van der Waals surface area contributed by atoms with E-state index < -0.39 is 30.7 Å². The van der Waals surface area contributed by atoms with Gasteiger partial charge in [0.25, 0.3) is 5.56 Å². The average molecular weight is 540 g/mol. The number of fused-ring (bicyclic) bond motifs is 1. The second kappa shape index (κ2) is 9.03. The second-order valence-electron chi connectivity index (χ2n) is 10.6. The third kappa shape index (κ3) is 4.66. The summed E-state index contributed by atoms with van der Waals surface area (Å²) in [5.74, 6) is -0.0249. The molecule has 2 aliphatic heterocycles. The minimum atomic E-state index is -3.66. The van der Waals surface area contributed by atoms with Gasteiger partial charge >= 0.3 is 0 Å². The standard InChI is InChI=1S/C23H33N5O6S2/c1-15-12-16-13-24-22(26-20(16)28(21(15)29)19-4-3-8-23(19,2)30)25-17-5-9-27(10-6-17)36(33,34)18-7-11-35(31,32)14-18/h12-13,17-19,30H,3-11,14H2,1-2H3,(H,24,25,26)/t18?,19-,23-/m0/s1. The van der Waals surface area contributed by atoms with Crippen molar-refractivity contribution >= 4 is 36.8 Å². The minimum Gasteiger partial charge on any atom is -0.388 e. The molecule has 36 heavy (non-hydrogen) atoms. The molecular formula is C23H33N5O6S2. The molecule has 0 aromatic carbocycles. The lowest BCUT2D eigenvalue weighted by Crippen LogP contribution is -2.46. The van der Waals surface area contributed by atoms with Crippen molar-refractivity contribution in [2.75, 3.05) is 29.9 Å². The van der Waals surface area contributed by atoms with Crippen molar-refractivity contribution in [2.24, 2.45) is 0 Å². The molecule has 2 saturated heterocycles. The Labute approximate surface area is 210 Å². The summed E-state index contributed by atoms with van der Waals surface area (Å²) in [6, 6.07) is 1.32. The zero-order chi connectivity index (χ0) is 25.9. The van der Waals surface area contributed by atoms with E-state index in [2.05, 4.69) is 15.3 Å². The smallest absolute Gasteiger partial charge is 0.255 e. The Hall–Kier alpha value is -2.09. The lowest BCUT2D eigenvalue weighted by atomic mass is 9.99. The van der Waals surface area contributed by atoms with E-state index >= 15 is 0 Å². The summed E-state index contributed by atoms with van der Waals surface area (Å²) in [5, 5.41) is 14.0. The first-order chi connectivity index (χ1) is 16.9. The van der Waals surface area contributed by atoms with Crippen LogP contribution in [-0.2, 0) is 19.9 Å². The SMILES string of the molecule is Cc1cc2cnc(NC3CCN(S(=O)(=O)C4CCS(=O)(=O)C4)CC3)nc2n([C@H]2CCC[C@]2(C)O)c1=O. The summed E-state index contributed by atoms with van der Waals surface area (Å²) in [5.41, 5.74) is -0.136. The maximum Gasteiger partial charge on any atom is 0.255 e. The number of hydrogen-bond donors (Lipinski definition) is 2. The fraction of sp³-hybridized carbons (Fsp3) is 0.696. The largest absolute Gasteiger partial charge is 0.388 e. The lowest BCUT2D eigenvalue weighted by Gasteiger charge is -2.33. The summed E-state index contributed by atoms with van der Waals surface area (Å²) in [6.45, 7) is 4.09. The number of piperidine rings is 1. The third-order valence-corrected chi connectivity index (χ3v) is 12.2. The maximum absolute atomic E-state index is 13.1. The highest BCUT2D eigenvalue weighted by Crippen LogP contribution is 2.39. The van der Waals surface area contributed by atoms with Crippen LogP contribution < -0.4 is 10.9 Å².